The van der Waals surface area contributed by atoms with Crippen molar-refractivity contribution in [3.05, 3.63) is 15.6 Å². The number of nitrogens with one attached hydrogen (secondary N) is 1. The summed E-state index contributed by atoms with van der Waals surface area (Å²) in [7, 11) is 0. The van der Waals surface area contributed by atoms with Crippen LogP contribution in [0.2, 0.25) is 0 Å². The highest BCUT2D eigenvalue weighted by Gasteiger charge is 2.08. The molecule has 0 saturated heterocycles. The number of aryl methyl sites for hydroxylation is 2. The van der Waals surface area contributed by atoms with E-state index in [9.17, 15) is 0 Å². The molecule has 1 aromatic heterocycles. The van der Waals surface area contributed by atoms with Gasteiger partial charge in [0.15, 0.2) is 0 Å². The Balaban J connectivity index is 2.25. The molecule has 2 nitrogen and oxygen atoms in total. The smallest absolute Gasteiger partial charge is 0.107 e. The van der Waals surface area contributed by atoms with Gasteiger partial charge in [-0.25, -0.2) is 4.98 Å². The van der Waals surface area contributed by atoms with Gasteiger partial charge in [0.2, 0.25) is 0 Å². The lowest BCUT2D eigenvalue weighted by atomic mass is 10.1. The minimum atomic E-state index is 0.224. The summed E-state index contributed by atoms with van der Waals surface area (Å²) >= 11 is 7.96. The molecule has 0 aromatic carbocycles. The van der Waals surface area contributed by atoms with Gasteiger partial charge in [-0.1, -0.05) is 13.8 Å². The van der Waals surface area contributed by atoms with Crippen LogP contribution in [0.3, 0.4) is 0 Å². The minimum Gasteiger partial charge on any atom is -0.309 e. The van der Waals surface area contributed by atoms with Gasteiger partial charge < -0.3 is 5.32 Å². The quantitative estimate of drug-likeness (QED) is 0.792. The van der Waals surface area contributed by atoms with Crippen molar-refractivity contribution in [2.45, 2.75) is 46.0 Å². The van der Waals surface area contributed by atoms with E-state index in [-0.39, 0.29) is 5.38 Å². The Morgan fingerprint density at radius 1 is 1.38 bits per heavy atom. The third-order valence-corrected chi connectivity index (χ3v) is 3.85. The molecule has 0 radical (unpaired) electrons. The highest BCUT2D eigenvalue weighted by molar-refractivity contribution is 7.11. The van der Waals surface area contributed by atoms with Crippen LogP contribution in [0, 0.1) is 19.8 Å². The average molecular weight is 261 g/mol. The Bertz CT molecular complexity index is 303. The van der Waals surface area contributed by atoms with Crippen molar-refractivity contribution < 1.29 is 0 Å². The molecule has 0 aliphatic carbocycles. The second-order valence-corrected chi connectivity index (χ2v) is 6.51. The Kier molecular flexibility index (Phi) is 5.73. The van der Waals surface area contributed by atoms with Gasteiger partial charge in [-0.15, -0.1) is 22.9 Å². The molecule has 1 heterocycles. The highest BCUT2D eigenvalue weighted by Crippen LogP contribution is 2.16. The predicted octanol–water partition coefficient (Wildman–Crippen LogP) is 3.50. The van der Waals surface area contributed by atoms with Crippen molar-refractivity contribution in [1.82, 2.24) is 10.3 Å². The van der Waals surface area contributed by atoms with Crippen LogP contribution in [0.1, 0.15) is 35.8 Å². The van der Waals surface area contributed by atoms with Crippen LogP contribution in [0.25, 0.3) is 0 Å². The third-order valence-electron chi connectivity index (χ3n) is 2.44. The summed E-state index contributed by atoms with van der Waals surface area (Å²) in [6, 6.07) is 0. The van der Waals surface area contributed by atoms with Gasteiger partial charge in [-0.3, -0.25) is 0 Å². The van der Waals surface area contributed by atoms with E-state index in [0.29, 0.717) is 5.92 Å². The Labute approximate surface area is 107 Å². The fourth-order valence-corrected chi connectivity index (χ4v) is 2.91. The standard InChI is InChI=1S/C12H21ClN2S/c1-8(2)5-11(13)6-14-7-12-15-9(3)10(4)16-12/h8,11,14H,5-7H2,1-4H3. The Morgan fingerprint density at radius 3 is 2.56 bits per heavy atom. The van der Waals surface area contributed by atoms with E-state index in [1.54, 1.807) is 11.3 Å². The molecule has 1 atom stereocenters. The number of thiazole rings is 1. The number of hydrogen-bond acceptors (Lipinski definition) is 3. The number of halogens is 1. The maximum atomic E-state index is 6.20. The van der Waals surface area contributed by atoms with Gasteiger partial charge >= 0.3 is 0 Å². The molecule has 92 valence electrons. The molecule has 16 heavy (non-hydrogen) atoms. The summed E-state index contributed by atoms with van der Waals surface area (Å²) in [6.07, 6.45) is 1.06. The third kappa shape index (κ3) is 4.81. The summed E-state index contributed by atoms with van der Waals surface area (Å²) in [6.45, 7) is 10.3. The molecule has 1 rings (SSSR count). The van der Waals surface area contributed by atoms with Gasteiger partial charge in [0.25, 0.3) is 0 Å². The van der Waals surface area contributed by atoms with E-state index < -0.39 is 0 Å². The molecule has 1 unspecified atom stereocenters. The van der Waals surface area contributed by atoms with Crippen LogP contribution in [-0.4, -0.2) is 16.9 Å². The van der Waals surface area contributed by atoms with Gasteiger partial charge in [0, 0.05) is 23.3 Å². The average Bonchev–Trinajstić information content (AvgIpc) is 2.44. The molecule has 0 aliphatic heterocycles. The van der Waals surface area contributed by atoms with E-state index in [2.05, 4.69) is 38.0 Å². The van der Waals surface area contributed by atoms with Crippen LogP contribution < -0.4 is 5.32 Å². The fraction of sp³-hybridized carbons (Fsp3) is 0.750. The summed E-state index contributed by atoms with van der Waals surface area (Å²) in [4.78, 5) is 5.79. The molecule has 0 fully saturated rings. The monoisotopic (exact) mass is 260 g/mol. The topological polar surface area (TPSA) is 24.9 Å². The number of alkyl halides is 1. The van der Waals surface area contributed by atoms with E-state index in [1.165, 1.54) is 4.88 Å². The number of nitrogens with zero attached hydrogens (tertiary/aromatic N) is 1. The fourth-order valence-electron chi connectivity index (χ4n) is 1.55. The molecule has 0 bridgehead atoms. The molecule has 0 spiro atoms. The first kappa shape index (κ1) is 13.9. The van der Waals surface area contributed by atoms with E-state index in [1.807, 2.05) is 0 Å². The second-order valence-electron chi connectivity index (χ2n) is 4.61. The summed E-state index contributed by atoms with van der Waals surface area (Å²) < 4.78 is 0. The number of hydrogen-bond donors (Lipinski definition) is 1. The zero-order chi connectivity index (χ0) is 12.1. The first-order valence-corrected chi connectivity index (χ1v) is 7.02. The molecule has 0 amide bonds. The number of aromatic nitrogens is 1. The summed E-state index contributed by atoms with van der Waals surface area (Å²) in [5.41, 5.74) is 1.14. The molecule has 1 N–H and O–H groups in total. The zero-order valence-corrected chi connectivity index (χ0v) is 12.1. The normalized spacial score (nSPS) is 13.4. The van der Waals surface area contributed by atoms with Crippen LogP contribution in [-0.2, 0) is 6.54 Å². The molecule has 0 saturated carbocycles. The van der Waals surface area contributed by atoms with Crippen molar-refractivity contribution >= 4 is 22.9 Å². The first-order chi connectivity index (χ1) is 7.49. The lowest BCUT2D eigenvalue weighted by Gasteiger charge is -2.12. The van der Waals surface area contributed by atoms with Gasteiger partial charge in [-0.05, 0) is 26.2 Å². The highest BCUT2D eigenvalue weighted by atomic mass is 35.5. The summed E-state index contributed by atoms with van der Waals surface area (Å²) in [5, 5.41) is 4.74. The second kappa shape index (κ2) is 6.58. The lowest BCUT2D eigenvalue weighted by molar-refractivity contribution is 0.533. The van der Waals surface area contributed by atoms with Crippen molar-refractivity contribution in [3.63, 3.8) is 0 Å². The maximum absolute atomic E-state index is 6.20. The SMILES string of the molecule is Cc1nc(CNCC(Cl)CC(C)C)sc1C. The van der Waals surface area contributed by atoms with Gasteiger partial charge in [0.05, 0.1) is 5.69 Å². The maximum Gasteiger partial charge on any atom is 0.107 e. The van der Waals surface area contributed by atoms with Gasteiger partial charge in [-0.2, -0.15) is 0 Å². The van der Waals surface area contributed by atoms with E-state index >= 15 is 0 Å². The Hall–Kier alpha value is -0.120. The lowest BCUT2D eigenvalue weighted by Crippen LogP contribution is -2.23. The van der Waals surface area contributed by atoms with Crippen molar-refractivity contribution in [1.29, 1.82) is 0 Å². The van der Waals surface area contributed by atoms with E-state index in [0.717, 1.165) is 30.2 Å². The molecular weight excluding hydrogens is 240 g/mol. The van der Waals surface area contributed by atoms with Crippen molar-refractivity contribution in [2.75, 3.05) is 6.54 Å². The first-order valence-electron chi connectivity index (χ1n) is 5.76. The summed E-state index contributed by atoms with van der Waals surface area (Å²) in [5.74, 6) is 0.661. The van der Waals surface area contributed by atoms with E-state index in [4.69, 9.17) is 11.6 Å². The largest absolute Gasteiger partial charge is 0.309 e. The molecule has 4 heteroatoms. The van der Waals surface area contributed by atoms with Crippen LogP contribution in [0.5, 0.6) is 0 Å². The van der Waals surface area contributed by atoms with Crippen LogP contribution >= 0.6 is 22.9 Å². The van der Waals surface area contributed by atoms with Crippen molar-refractivity contribution in [2.24, 2.45) is 5.92 Å². The number of rotatable bonds is 6. The molecule has 1 aromatic rings. The Morgan fingerprint density at radius 2 is 2.06 bits per heavy atom. The van der Waals surface area contributed by atoms with Crippen LogP contribution in [0.4, 0.5) is 0 Å². The van der Waals surface area contributed by atoms with Crippen LogP contribution in [0.15, 0.2) is 0 Å². The predicted molar refractivity (Wildman–Crippen MR) is 72.4 cm³/mol. The van der Waals surface area contributed by atoms with Crippen molar-refractivity contribution in [3.8, 4) is 0 Å². The van der Waals surface area contributed by atoms with Gasteiger partial charge in [0.1, 0.15) is 5.01 Å². The molecular formula is C12H21ClN2S. The zero-order valence-electron chi connectivity index (χ0n) is 10.5. The molecule has 0 aliphatic rings. The minimum absolute atomic E-state index is 0.224.